The third-order valence-electron chi connectivity index (χ3n) is 5.08. The maximum atomic E-state index is 12.2. The van der Waals surface area contributed by atoms with E-state index in [4.69, 9.17) is 9.47 Å². The molecule has 0 aliphatic rings. The number of carbonyl (C=O) groups excluding carboxylic acids is 2. The number of methoxy groups -OCH3 is 1. The minimum atomic E-state index is -0.394. The van der Waals surface area contributed by atoms with Gasteiger partial charge in [-0.05, 0) is 79.4 Å². The molecular weight excluding hydrogens is 404 g/mol. The van der Waals surface area contributed by atoms with Crippen LogP contribution >= 0.6 is 0 Å². The molecule has 32 heavy (non-hydrogen) atoms. The number of rotatable bonds is 7. The molecule has 1 amide bonds. The predicted octanol–water partition coefficient (Wildman–Crippen LogP) is 5.17. The van der Waals surface area contributed by atoms with Crippen molar-refractivity contribution < 1.29 is 19.1 Å². The van der Waals surface area contributed by atoms with Gasteiger partial charge in [-0.1, -0.05) is 24.3 Å². The van der Waals surface area contributed by atoms with Crippen LogP contribution in [0, 0.1) is 20.8 Å². The number of aliphatic imine (C=N–C) groups is 1. The van der Waals surface area contributed by atoms with Gasteiger partial charge in [0.15, 0.2) is 6.61 Å². The van der Waals surface area contributed by atoms with Gasteiger partial charge in [0.25, 0.3) is 5.91 Å². The highest BCUT2D eigenvalue weighted by Crippen LogP contribution is 2.23. The first-order chi connectivity index (χ1) is 15.4. The Kier molecular flexibility index (Phi) is 7.39. The molecule has 0 atom stereocenters. The van der Waals surface area contributed by atoms with Crippen LogP contribution in [-0.2, 0) is 9.53 Å². The molecule has 0 saturated carbocycles. The van der Waals surface area contributed by atoms with Gasteiger partial charge < -0.3 is 14.8 Å². The van der Waals surface area contributed by atoms with Crippen LogP contribution in [0.25, 0.3) is 0 Å². The molecule has 0 radical (unpaired) electrons. The molecule has 0 fully saturated rings. The van der Waals surface area contributed by atoms with Crippen molar-refractivity contribution in [3.8, 4) is 5.75 Å². The zero-order chi connectivity index (χ0) is 23.1. The zero-order valence-electron chi connectivity index (χ0n) is 18.6. The second-order valence-corrected chi connectivity index (χ2v) is 7.41. The first-order valence-corrected chi connectivity index (χ1v) is 10.2. The number of hydrogen-bond acceptors (Lipinski definition) is 5. The van der Waals surface area contributed by atoms with Gasteiger partial charge in [-0.3, -0.25) is 9.79 Å². The number of nitrogens with one attached hydrogen (secondary N) is 1. The van der Waals surface area contributed by atoms with Gasteiger partial charge >= 0.3 is 5.97 Å². The Morgan fingerprint density at radius 1 is 0.969 bits per heavy atom. The fraction of sp³-hybridized carbons (Fsp3) is 0.192. The van der Waals surface area contributed by atoms with Gasteiger partial charge in [-0.2, -0.15) is 0 Å². The van der Waals surface area contributed by atoms with Crippen LogP contribution in [0.2, 0.25) is 0 Å². The quantitative estimate of drug-likeness (QED) is 0.415. The van der Waals surface area contributed by atoms with E-state index >= 15 is 0 Å². The van der Waals surface area contributed by atoms with Gasteiger partial charge in [0.05, 0.1) is 18.4 Å². The lowest BCUT2D eigenvalue weighted by Gasteiger charge is -2.09. The fourth-order valence-electron chi connectivity index (χ4n) is 3.09. The Bertz CT molecular complexity index is 1170. The molecule has 0 heterocycles. The third kappa shape index (κ3) is 5.82. The molecule has 3 rings (SSSR count). The lowest BCUT2D eigenvalue weighted by atomic mass is 10.1. The number of esters is 1. The number of ether oxygens (including phenoxy) is 2. The molecule has 6 heteroatoms. The predicted molar refractivity (Wildman–Crippen MR) is 126 cm³/mol. The van der Waals surface area contributed by atoms with E-state index in [2.05, 4.69) is 10.3 Å². The second kappa shape index (κ2) is 10.4. The number of nitrogens with zero attached hydrogens (tertiary/aromatic N) is 1. The molecule has 0 aliphatic heterocycles. The van der Waals surface area contributed by atoms with Crippen LogP contribution in [0.15, 0.2) is 65.7 Å². The molecule has 3 aromatic rings. The summed E-state index contributed by atoms with van der Waals surface area (Å²) >= 11 is 0. The highest BCUT2D eigenvalue weighted by atomic mass is 16.5. The SMILES string of the molecule is COC(=O)c1cccc(N=Cc2cccc(OCC(=O)Nc3ccc(C)c(C)c3)c2)c1C. The monoisotopic (exact) mass is 430 g/mol. The molecular formula is C26H26N2O4. The van der Waals surface area contributed by atoms with Crippen molar-refractivity contribution in [2.75, 3.05) is 19.0 Å². The lowest BCUT2D eigenvalue weighted by Crippen LogP contribution is -2.20. The standard InChI is InChI=1S/C26H26N2O4/c1-17-11-12-21(13-18(17)2)28-25(29)16-32-22-8-5-7-20(14-22)15-27-24-10-6-9-23(19(24)3)26(30)31-4/h5-15H,16H2,1-4H3,(H,28,29). The van der Waals surface area contributed by atoms with E-state index in [0.29, 0.717) is 17.0 Å². The summed E-state index contributed by atoms with van der Waals surface area (Å²) in [6.07, 6.45) is 1.69. The van der Waals surface area contributed by atoms with Crippen LogP contribution in [0.1, 0.15) is 32.6 Å². The van der Waals surface area contributed by atoms with Crippen molar-refractivity contribution in [2.45, 2.75) is 20.8 Å². The van der Waals surface area contributed by atoms with Crippen molar-refractivity contribution in [3.05, 3.63) is 88.5 Å². The summed E-state index contributed by atoms with van der Waals surface area (Å²) in [5.74, 6) is -0.0687. The van der Waals surface area contributed by atoms with E-state index in [1.807, 2.05) is 57.2 Å². The van der Waals surface area contributed by atoms with Crippen molar-refractivity contribution in [1.29, 1.82) is 0 Å². The lowest BCUT2D eigenvalue weighted by molar-refractivity contribution is -0.118. The Labute approximate surface area is 187 Å². The summed E-state index contributed by atoms with van der Waals surface area (Å²) < 4.78 is 10.4. The number of aryl methyl sites for hydroxylation is 2. The Morgan fingerprint density at radius 2 is 1.75 bits per heavy atom. The fourth-order valence-corrected chi connectivity index (χ4v) is 3.09. The highest BCUT2D eigenvalue weighted by Gasteiger charge is 2.11. The van der Waals surface area contributed by atoms with Gasteiger partial charge in [0.2, 0.25) is 0 Å². The summed E-state index contributed by atoms with van der Waals surface area (Å²) in [6, 6.07) is 18.4. The van der Waals surface area contributed by atoms with E-state index in [1.54, 1.807) is 30.5 Å². The number of carbonyl (C=O) groups is 2. The first kappa shape index (κ1) is 22.7. The van der Waals surface area contributed by atoms with Gasteiger partial charge in [0, 0.05) is 11.9 Å². The van der Waals surface area contributed by atoms with E-state index in [1.165, 1.54) is 12.7 Å². The summed E-state index contributed by atoms with van der Waals surface area (Å²) in [4.78, 5) is 28.6. The molecule has 1 N–H and O–H groups in total. The molecule has 0 bridgehead atoms. The van der Waals surface area contributed by atoms with E-state index in [9.17, 15) is 9.59 Å². The maximum Gasteiger partial charge on any atom is 0.338 e. The van der Waals surface area contributed by atoms with Crippen LogP contribution in [-0.4, -0.2) is 31.8 Å². The van der Waals surface area contributed by atoms with Crippen LogP contribution < -0.4 is 10.1 Å². The van der Waals surface area contributed by atoms with Gasteiger partial charge in [-0.25, -0.2) is 4.79 Å². The molecule has 0 saturated heterocycles. The first-order valence-electron chi connectivity index (χ1n) is 10.2. The van der Waals surface area contributed by atoms with E-state index in [-0.39, 0.29) is 12.5 Å². The van der Waals surface area contributed by atoms with E-state index in [0.717, 1.165) is 22.4 Å². The normalized spacial score (nSPS) is 10.8. The van der Waals surface area contributed by atoms with Crippen LogP contribution in [0.5, 0.6) is 5.75 Å². The molecule has 6 nitrogen and oxygen atoms in total. The summed E-state index contributed by atoms with van der Waals surface area (Å²) in [6.45, 7) is 5.75. The summed E-state index contributed by atoms with van der Waals surface area (Å²) in [5.41, 5.74) is 5.73. The van der Waals surface area contributed by atoms with Crippen molar-refractivity contribution in [3.63, 3.8) is 0 Å². The molecule has 0 aromatic heterocycles. The minimum absolute atomic E-state index is 0.103. The zero-order valence-corrected chi connectivity index (χ0v) is 18.6. The molecule has 164 valence electrons. The van der Waals surface area contributed by atoms with Crippen LogP contribution in [0.3, 0.4) is 0 Å². The molecule has 0 aliphatic carbocycles. The highest BCUT2D eigenvalue weighted by molar-refractivity contribution is 5.93. The van der Waals surface area contributed by atoms with Crippen molar-refractivity contribution in [2.24, 2.45) is 4.99 Å². The van der Waals surface area contributed by atoms with Crippen molar-refractivity contribution >= 4 is 29.5 Å². The average molecular weight is 431 g/mol. The molecule has 0 unspecified atom stereocenters. The largest absolute Gasteiger partial charge is 0.484 e. The minimum Gasteiger partial charge on any atom is -0.484 e. The topological polar surface area (TPSA) is 77.0 Å². The Balaban J connectivity index is 1.64. The molecule has 0 spiro atoms. The number of amides is 1. The maximum absolute atomic E-state index is 12.2. The van der Waals surface area contributed by atoms with Gasteiger partial charge in [0.1, 0.15) is 5.75 Å². The van der Waals surface area contributed by atoms with Gasteiger partial charge in [-0.15, -0.1) is 0 Å². The summed E-state index contributed by atoms with van der Waals surface area (Å²) in [7, 11) is 1.35. The van der Waals surface area contributed by atoms with Crippen LogP contribution in [0.4, 0.5) is 11.4 Å². The summed E-state index contributed by atoms with van der Waals surface area (Å²) in [5, 5.41) is 2.84. The average Bonchev–Trinajstić information content (AvgIpc) is 2.79. The Morgan fingerprint density at radius 3 is 2.50 bits per heavy atom. The smallest absolute Gasteiger partial charge is 0.338 e. The number of anilines is 1. The third-order valence-corrected chi connectivity index (χ3v) is 5.08. The Hall–Kier alpha value is -3.93. The number of hydrogen-bond donors (Lipinski definition) is 1. The van der Waals surface area contributed by atoms with Crippen molar-refractivity contribution in [1.82, 2.24) is 0 Å². The molecule has 3 aromatic carbocycles. The number of benzene rings is 3. The second-order valence-electron chi connectivity index (χ2n) is 7.41. The van der Waals surface area contributed by atoms with E-state index < -0.39 is 5.97 Å².